The zero-order chi connectivity index (χ0) is 25.3. The van der Waals surface area contributed by atoms with Crippen molar-refractivity contribution < 1.29 is 9.59 Å². The van der Waals surface area contributed by atoms with Crippen LogP contribution in [0, 0.1) is 0 Å². The maximum absolute atomic E-state index is 13.6. The van der Waals surface area contributed by atoms with Gasteiger partial charge in [0.25, 0.3) is 0 Å². The maximum Gasteiger partial charge on any atom is 0.243 e. The first kappa shape index (κ1) is 26.8. The Bertz CT molecular complexity index is 1080. The summed E-state index contributed by atoms with van der Waals surface area (Å²) in [5.74, 6) is 0.803. The monoisotopic (exact) mass is 508 g/mol. The predicted octanol–water partition coefficient (Wildman–Crippen LogP) is 6.13. The highest BCUT2D eigenvalue weighted by molar-refractivity contribution is 7.99. The molecule has 0 radical (unpaired) electrons. The van der Waals surface area contributed by atoms with Crippen molar-refractivity contribution in [2.45, 2.75) is 51.1 Å². The van der Waals surface area contributed by atoms with Crippen molar-refractivity contribution in [1.82, 2.24) is 10.2 Å². The van der Waals surface area contributed by atoms with E-state index in [4.69, 9.17) is 11.6 Å². The third-order valence-corrected chi connectivity index (χ3v) is 6.61. The van der Waals surface area contributed by atoms with Gasteiger partial charge in [0.1, 0.15) is 6.04 Å². The Kier molecular flexibility index (Phi) is 9.82. The van der Waals surface area contributed by atoms with Gasteiger partial charge in [-0.05, 0) is 49.6 Å². The Labute approximate surface area is 218 Å². The number of amides is 2. The van der Waals surface area contributed by atoms with Crippen LogP contribution in [-0.2, 0) is 28.3 Å². The molecule has 184 valence electrons. The fourth-order valence-electron chi connectivity index (χ4n) is 3.71. The number of nitrogens with one attached hydrogen (secondary N) is 1. The fraction of sp³-hybridized carbons (Fsp3) is 0.310. The first-order chi connectivity index (χ1) is 16.7. The third-order valence-electron chi connectivity index (χ3n) is 5.37. The minimum Gasteiger partial charge on any atom is -0.350 e. The number of thioether (sulfide) groups is 1. The van der Waals surface area contributed by atoms with Crippen LogP contribution in [-0.4, -0.2) is 34.0 Å². The topological polar surface area (TPSA) is 49.4 Å². The summed E-state index contributed by atoms with van der Waals surface area (Å²) < 4.78 is 0. The van der Waals surface area contributed by atoms with E-state index in [1.54, 1.807) is 16.7 Å². The molecule has 0 fully saturated rings. The Morgan fingerprint density at radius 3 is 2.00 bits per heavy atom. The first-order valence-corrected chi connectivity index (χ1v) is 13.3. The molecule has 0 unspecified atom stereocenters. The number of benzene rings is 3. The van der Waals surface area contributed by atoms with Gasteiger partial charge >= 0.3 is 0 Å². The molecule has 1 atom stereocenters. The van der Waals surface area contributed by atoms with Gasteiger partial charge in [-0.1, -0.05) is 84.4 Å². The number of nitrogens with zero attached hydrogens (tertiary/aromatic N) is 1. The molecule has 0 saturated heterocycles. The molecule has 0 spiro atoms. The van der Waals surface area contributed by atoms with Crippen molar-refractivity contribution in [2.24, 2.45) is 0 Å². The van der Waals surface area contributed by atoms with Crippen LogP contribution in [0.5, 0.6) is 0 Å². The van der Waals surface area contributed by atoms with Gasteiger partial charge in [0.2, 0.25) is 11.8 Å². The second-order valence-electron chi connectivity index (χ2n) is 9.57. The molecule has 0 aliphatic heterocycles. The Morgan fingerprint density at radius 2 is 1.43 bits per heavy atom. The van der Waals surface area contributed by atoms with Gasteiger partial charge in [0.15, 0.2) is 0 Å². The quantitative estimate of drug-likeness (QED) is 0.358. The van der Waals surface area contributed by atoms with Gasteiger partial charge in [-0.25, -0.2) is 0 Å². The molecule has 0 aliphatic rings. The molecule has 3 rings (SSSR count). The molecule has 2 amide bonds. The molecule has 0 bridgehead atoms. The normalized spacial score (nSPS) is 12.1. The van der Waals surface area contributed by atoms with Crippen LogP contribution in [0.1, 0.15) is 37.5 Å². The number of carbonyl (C=O) groups is 2. The highest BCUT2D eigenvalue weighted by atomic mass is 35.5. The maximum atomic E-state index is 13.6. The van der Waals surface area contributed by atoms with Gasteiger partial charge in [-0.3, -0.25) is 9.59 Å². The van der Waals surface area contributed by atoms with Crippen molar-refractivity contribution in [2.75, 3.05) is 5.75 Å². The van der Waals surface area contributed by atoms with Crippen molar-refractivity contribution >= 4 is 35.2 Å². The third kappa shape index (κ3) is 9.08. The zero-order valence-electron chi connectivity index (χ0n) is 20.5. The SMILES string of the molecule is CC(C)(C)NC(=O)[C@H](Cc1ccccc1)N(Cc1ccc(Cl)cc1)C(=O)CSCc1ccccc1. The highest BCUT2D eigenvalue weighted by Crippen LogP contribution is 2.20. The van der Waals surface area contributed by atoms with E-state index in [0.29, 0.717) is 18.0 Å². The summed E-state index contributed by atoms with van der Waals surface area (Å²) in [7, 11) is 0. The standard InChI is InChI=1S/C29H33ClN2O2S/c1-29(2,3)31-28(34)26(18-22-10-6-4-7-11-22)32(19-23-14-16-25(30)17-15-23)27(33)21-35-20-24-12-8-5-9-13-24/h4-17,26H,18-21H2,1-3H3,(H,31,34)/t26-/m0/s1. The van der Waals surface area contributed by atoms with E-state index in [1.165, 1.54) is 5.56 Å². The Balaban J connectivity index is 1.86. The summed E-state index contributed by atoms with van der Waals surface area (Å²) >= 11 is 7.64. The molecule has 35 heavy (non-hydrogen) atoms. The molecule has 4 nitrogen and oxygen atoms in total. The van der Waals surface area contributed by atoms with Crippen LogP contribution in [0.4, 0.5) is 0 Å². The molecule has 1 N–H and O–H groups in total. The molecule has 0 aromatic heterocycles. The van der Waals surface area contributed by atoms with Gasteiger partial charge in [0.05, 0.1) is 5.75 Å². The summed E-state index contributed by atoms with van der Waals surface area (Å²) in [6.07, 6.45) is 0.436. The molecule has 3 aromatic carbocycles. The second-order valence-corrected chi connectivity index (χ2v) is 11.0. The predicted molar refractivity (Wildman–Crippen MR) is 146 cm³/mol. The van der Waals surface area contributed by atoms with Gasteiger partial charge in [0, 0.05) is 29.3 Å². The van der Waals surface area contributed by atoms with E-state index < -0.39 is 11.6 Å². The number of rotatable bonds is 10. The van der Waals surface area contributed by atoms with Gasteiger partial charge < -0.3 is 10.2 Å². The number of hydrogen-bond donors (Lipinski definition) is 1. The lowest BCUT2D eigenvalue weighted by atomic mass is 10.0. The second kappa shape index (κ2) is 12.8. The number of halogens is 1. The molecule has 6 heteroatoms. The first-order valence-electron chi connectivity index (χ1n) is 11.7. The van der Waals surface area contributed by atoms with Gasteiger partial charge in [-0.2, -0.15) is 0 Å². The molecule has 0 heterocycles. The van der Waals surface area contributed by atoms with Crippen LogP contribution in [0.2, 0.25) is 5.02 Å². The van der Waals surface area contributed by atoms with E-state index in [0.717, 1.165) is 16.9 Å². The lowest BCUT2D eigenvalue weighted by molar-refractivity contribution is -0.140. The van der Waals surface area contributed by atoms with E-state index in [9.17, 15) is 9.59 Å². The van der Waals surface area contributed by atoms with Crippen LogP contribution < -0.4 is 5.32 Å². The lowest BCUT2D eigenvalue weighted by Crippen LogP contribution is -2.54. The van der Waals surface area contributed by atoms with Crippen LogP contribution >= 0.6 is 23.4 Å². The minimum absolute atomic E-state index is 0.0640. The van der Waals surface area contributed by atoms with E-state index in [-0.39, 0.29) is 17.6 Å². The summed E-state index contributed by atoms with van der Waals surface area (Å²) in [5, 5.41) is 3.73. The zero-order valence-corrected chi connectivity index (χ0v) is 22.1. The molecular weight excluding hydrogens is 476 g/mol. The van der Waals surface area contributed by atoms with Crippen molar-refractivity contribution in [3.8, 4) is 0 Å². The lowest BCUT2D eigenvalue weighted by Gasteiger charge is -2.34. The van der Waals surface area contributed by atoms with E-state index >= 15 is 0 Å². The van der Waals surface area contributed by atoms with E-state index in [2.05, 4.69) is 17.4 Å². The minimum atomic E-state index is -0.642. The van der Waals surface area contributed by atoms with Crippen molar-refractivity contribution in [3.63, 3.8) is 0 Å². The van der Waals surface area contributed by atoms with Crippen LogP contribution in [0.15, 0.2) is 84.9 Å². The molecule has 3 aromatic rings. The Morgan fingerprint density at radius 1 is 0.857 bits per heavy atom. The summed E-state index contributed by atoms with van der Waals surface area (Å²) in [6.45, 7) is 6.18. The van der Waals surface area contributed by atoms with E-state index in [1.807, 2.05) is 93.6 Å². The van der Waals surface area contributed by atoms with Crippen LogP contribution in [0.25, 0.3) is 0 Å². The van der Waals surface area contributed by atoms with Crippen LogP contribution in [0.3, 0.4) is 0 Å². The number of carbonyl (C=O) groups excluding carboxylic acids is 2. The molecule has 0 saturated carbocycles. The van der Waals surface area contributed by atoms with Gasteiger partial charge in [-0.15, -0.1) is 11.8 Å². The van der Waals surface area contributed by atoms with Crippen molar-refractivity contribution in [1.29, 1.82) is 0 Å². The average molecular weight is 509 g/mol. The average Bonchev–Trinajstić information content (AvgIpc) is 2.82. The Hall–Kier alpha value is -2.76. The largest absolute Gasteiger partial charge is 0.350 e. The van der Waals surface area contributed by atoms with Crippen molar-refractivity contribution in [3.05, 3.63) is 107 Å². The molecular formula is C29H33ClN2O2S. The summed E-state index contributed by atoms with van der Waals surface area (Å²) in [4.78, 5) is 28.8. The summed E-state index contributed by atoms with van der Waals surface area (Å²) in [5.41, 5.74) is 2.69. The fourth-order valence-corrected chi connectivity index (χ4v) is 4.70. The number of hydrogen-bond acceptors (Lipinski definition) is 3. The highest BCUT2D eigenvalue weighted by Gasteiger charge is 2.32. The molecule has 0 aliphatic carbocycles. The summed E-state index contributed by atoms with van der Waals surface area (Å²) in [6, 6.07) is 26.7. The smallest absolute Gasteiger partial charge is 0.243 e.